The van der Waals surface area contributed by atoms with Crippen LogP contribution < -0.4 is 0 Å². The second kappa shape index (κ2) is 3.00. The molecule has 86 valence electrons. The third-order valence-electron chi connectivity index (χ3n) is 2.59. The number of fused-ring (bicyclic) bond motifs is 2. The van der Waals surface area contributed by atoms with Crippen LogP contribution in [0.5, 0.6) is 0 Å². The van der Waals surface area contributed by atoms with Gasteiger partial charge in [-0.25, -0.2) is 14.4 Å². The fraction of sp³-hybridized carbons (Fsp3) is 0.625. The van der Waals surface area contributed by atoms with Crippen LogP contribution in [0.15, 0.2) is 0 Å². The van der Waals surface area contributed by atoms with Gasteiger partial charge in [0.15, 0.2) is 24.4 Å². The normalized spacial score (nSPS) is 46.1. The quantitative estimate of drug-likeness (QED) is 0.358. The van der Waals surface area contributed by atoms with Crippen LogP contribution in [0, 0.1) is 0 Å². The molecule has 0 aromatic rings. The van der Waals surface area contributed by atoms with Crippen LogP contribution in [0.1, 0.15) is 0 Å². The number of carbonyl (C=O) groups excluding carboxylic acids is 3. The molecule has 0 spiro atoms. The third kappa shape index (κ3) is 1.11. The van der Waals surface area contributed by atoms with Gasteiger partial charge in [0.25, 0.3) is 0 Å². The molecule has 0 bridgehead atoms. The molecule has 5 unspecified atom stereocenters. The highest BCUT2D eigenvalue weighted by atomic mass is 16.7. The van der Waals surface area contributed by atoms with Crippen LogP contribution in [0.2, 0.25) is 0 Å². The summed E-state index contributed by atoms with van der Waals surface area (Å²) in [5.41, 5.74) is 0. The van der Waals surface area contributed by atoms with Gasteiger partial charge < -0.3 is 24.1 Å². The maximum atomic E-state index is 11.2. The van der Waals surface area contributed by atoms with E-state index in [0.29, 0.717) is 0 Å². The Morgan fingerprint density at radius 3 is 2.19 bits per heavy atom. The Balaban J connectivity index is 1.89. The summed E-state index contributed by atoms with van der Waals surface area (Å²) in [6.45, 7) is 0. The zero-order valence-corrected chi connectivity index (χ0v) is 7.69. The number of ether oxygens (including phenoxy) is 4. The molecular weight excluding hydrogens is 224 g/mol. The zero-order valence-electron chi connectivity index (χ0n) is 7.69. The van der Waals surface area contributed by atoms with Gasteiger partial charge >= 0.3 is 17.9 Å². The molecule has 0 aromatic carbocycles. The van der Waals surface area contributed by atoms with Crippen LogP contribution in [0.25, 0.3) is 0 Å². The maximum absolute atomic E-state index is 11.2. The third-order valence-corrected chi connectivity index (χ3v) is 2.59. The Hall–Kier alpha value is -1.51. The fourth-order valence-corrected chi connectivity index (χ4v) is 1.85. The van der Waals surface area contributed by atoms with E-state index in [4.69, 9.17) is 9.47 Å². The largest absolute Gasteiger partial charge is 0.431 e. The molecule has 3 heterocycles. The molecule has 5 atom stereocenters. The molecule has 3 fully saturated rings. The molecule has 0 saturated carbocycles. The number of hydrogen-bond donors (Lipinski definition) is 1. The predicted octanol–water partition coefficient (Wildman–Crippen LogP) is -2.53. The monoisotopic (exact) mass is 230 g/mol. The van der Waals surface area contributed by atoms with Gasteiger partial charge in [0.2, 0.25) is 6.29 Å². The number of cyclic esters (lactones) is 3. The van der Waals surface area contributed by atoms with Crippen molar-refractivity contribution in [1.82, 2.24) is 0 Å². The number of aliphatic hydroxyl groups is 1. The Kier molecular flexibility index (Phi) is 1.82. The summed E-state index contributed by atoms with van der Waals surface area (Å²) >= 11 is 0. The van der Waals surface area contributed by atoms with Crippen molar-refractivity contribution in [3.8, 4) is 0 Å². The van der Waals surface area contributed by atoms with Crippen LogP contribution in [0.3, 0.4) is 0 Å². The molecule has 0 aliphatic carbocycles. The second-order valence-corrected chi connectivity index (χ2v) is 3.57. The van der Waals surface area contributed by atoms with Crippen LogP contribution in [-0.2, 0) is 33.3 Å². The maximum Gasteiger partial charge on any atom is 0.346 e. The topological polar surface area (TPSA) is 108 Å². The van der Waals surface area contributed by atoms with E-state index < -0.39 is 48.6 Å². The number of rotatable bonds is 0. The smallest absolute Gasteiger partial charge is 0.346 e. The zero-order chi connectivity index (χ0) is 11.4. The predicted molar refractivity (Wildman–Crippen MR) is 40.5 cm³/mol. The summed E-state index contributed by atoms with van der Waals surface area (Å²) < 4.78 is 18.9. The van der Waals surface area contributed by atoms with Crippen molar-refractivity contribution >= 4 is 17.9 Å². The SMILES string of the molecule is O=C1OC(=O)C2OC3C(O)OC(=O)C3OC12. The lowest BCUT2D eigenvalue weighted by molar-refractivity contribution is -0.217. The average molecular weight is 230 g/mol. The molecule has 0 aromatic heterocycles. The van der Waals surface area contributed by atoms with E-state index in [9.17, 15) is 19.5 Å². The number of esters is 3. The van der Waals surface area contributed by atoms with Crippen molar-refractivity contribution in [3.63, 3.8) is 0 Å². The summed E-state index contributed by atoms with van der Waals surface area (Å²) in [6, 6.07) is 0. The van der Waals surface area contributed by atoms with Gasteiger partial charge in [0.1, 0.15) is 0 Å². The van der Waals surface area contributed by atoms with Gasteiger partial charge in [-0.15, -0.1) is 0 Å². The summed E-state index contributed by atoms with van der Waals surface area (Å²) in [7, 11) is 0. The number of hydrogen-bond acceptors (Lipinski definition) is 8. The van der Waals surface area contributed by atoms with E-state index in [-0.39, 0.29) is 0 Å². The fourth-order valence-electron chi connectivity index (χ4n) is 1.85. The molecule has 3 aliphatic rings. The molecule has 0 radical (unpaired) electrons. The minimum Gasteiger partial charge on any atom is -0.431 e. The van der Waals surface area contributed by atoms with Crippen molar-refractivity contribution < 1.29 is 38.4 Å². The summed E-state index contributed by atoms with van der Waals surface area (Å²) in [5.74, 6) is -2.62. The Labute approximate surface area is 88.0 Å². The number of carbonyl (C=O) groups is 3. The van der Waals surface area contributed by atoms with Gasteiger partial charge in [0, 0.05) is 0 Å². The minimum atomic E-state index is -1.50. The molecule has 16 heavy (non-hydrogen) atoms. The summed E-state index contributed by atoms with van der Waals surface area (Å²) in [6.07, 6.45) is -6.30. The number of aliphatic hydroxyl groups excluding tert-OH is 1. The van der Waals surface area contributed by atoms with E-state index in [1.807, 2.05) is 0 Å². The lowest BCUT2D eigenvalue weighted by Crippen LogP contribution is -2.52. The van der Waals surface area contributed by atoms with Crippen molar-refractivity contribution in [3.05, 3.63) is 0 Å². The minimum absolute atomic E-state index is 0.830. The van der Waals surface area contributed by atoms with Gasteiger partial charge in [-0.05, 0) is 0 Å². The van der Waals surface area contributed by atoms with E-state index in [2.05, 4.69) is 9.47 Å². The van der Waals surface area contributed by atoms with Crippen molar-refractivity contribution in [1.29, 1.82) is 0 Å². The Morgan fingerprint density at radius 1 is 0.875 bits per heavy atom. The molecule has 1 N–H and O–H groups in total. The first-order valence-corrected chi connectivity index (χ1v) is 4.53. The van der Waals surface area contributed by atoms with Gasteiger partial charge in [-0.3, -0.25) is 0 Å². The molecular formula is C8H6O8. The van der Waals surface area contributed by atoms with Crippen LogP contribution in [0.4, 0.5) is 0 Å². The van der Waals surface area contributed by atoms with Gasteiger partial charge in [0.05, 0.1) is 0 Å². The highest BCUT2D eigenvalue weighted by Crippen LogP contribution is 2.32. The lowest BCUT2D eigenvalue weighted by atomic mass is 10.1. The summed E-state index contributed by atoms with van der Waals surface area (Å²) in [4.78, 5) is 33.4. The molecule has 0 amide bonds. The van der Waals surface area contributed by atoms with Gasteiger partial charge in [-0.1, -0.05) is 0 Å². The standard InChI is InChI=1S/C8H6O8/c9-5-1-2(6(10)15-5)14-4-3(13-1)7(11)16-8(4)12/h1-5,9H. The highest BCUT2D eigenvalue weighted by Gasteiger charge is 2.60. The van der Waals surface area contributed by atoms with Gasteiger partial charge in [-0.2, -0.15) is 0 Å². The second-order valence-electron chi connectivity index (χ2n) is 3.57. The Bertz CT molecular complexity index is 389. The first kappa shape index (κ1) is 9.70. The van der Waals surface area contributed by atoms with Crippen molar-refractivity contribution in [2.45, 2.75) is 30.7 Å². The molecule has 8 heteroatoms. The summed E-state index contributed by atoms with van der Waals surface area (Å²) in [5, 5.41) is 9.28. The lowest BCUT2D eigenvalue weighted by Gasteiger charge is -2.29. The molecule has 3 saturated heterocycles. The molecule has 8 nitrogen and oxygen atoms in total. The van der Waals surface area contributed by atoms with Crippen LogP contribution in [-0.4, -0.2) is 53.7 Å². The van der Waals surface area contributed by atoms with Crippen LogP contribution >= 0.6 is 0 Å². The van der Waals surface area contributed by atoms with E-state index >= 15 is 0 Å². The first-order chi connectivity index (χ1) is 7.58. The highest BCUT2D eigenvalue weighted by molar-refractivity contribution is 6.00. The molecule has 3 aliphatic heterocycles. The average Bonchev–Trinajstić information content (AvgIpc) is 2.67. The van der Waals surface area contributed by atoms with E-state index in [0.717, 1.165) is 0 Å². The van der Waals surface area contributed by atoms with Crippen molar-refractivity contribution in [2.75, 3.05) is 0 Å². The Morgan fingerprint density at radius 2 is 1.50 bits per heavy atom. The van der Waals surface area contributed by atoms with Crippen molar-refractivity contribution in [2.24, 2.45) is 0 Å². The first-order valence-electron chi connectivity index (χ1n) is 4.53. The van der Waals surface area contributed by atoms with E-state index in [1.54, 1.807) is 0 Å². The molecule has 3 rings (SSSR count). The van der Waals surface area contributed by atoms with E-state index in [1.165, 1.54) is 0 Å².